The molecule has 5 fully saturated rings. The van der Waals surface area contributed by atoms with Crippen LogP contribution in [0.2, 0.25) is 0 Å². The van der Waals surface area contributed by atoms with E-state index in [4.69, 9.17) is 9.47 Å². The van der Waals surface area contributed by atoms with Crippen LogP contribution in [0.4, 0.5) is 0 Å². The van der Waals surface area contributed by atoms with Crippen molar-refractivity contribution in [3.63, 3.8) is 0 Å². The maximum Gasteiger partial charge on any atom is 0.333 e. The van der Waals surface area contributed by atoms with Crippen LogP contribution in [0.15, 0.2) is 36.4 Å². The Bertz CT molecular complexity index is 958. The van der Waals surface area contributed by atoms with Gasteiger partial charge < -0.3 is 19.7 Å². The van der Waals surface area contributed by atoms with Gasteiger partial charge in [-0.2, -0.15) is 0 Å². The predicted molar refractivity (Wildman–Crippen MR) is 108 cm³/mol. The molecule has 4 saturated carbocycles. The summed E-state index contributed by atoms with van der Waals surface area (Å²) in [7, 11) is 0. The van der Waals surface area contributed by atoms with E-state index in [0.717, 1.165) is 5.56 Å². The summed E-state index contributed by atoms with van der Waals surface area (Å²) in [5.74, 6) is -2.72. The lowest BCUT2D eigenvalue weighted by molar-refractivity contribution is -0.369. The molecular weight excluding hydrogens is 384 g/mol. The van der Waals surface area contributed by atoms with Gasteiger partial charge in [0.25, 0.3) is 5.79 Å². The van der Waals surface area contributed by atoms with Gasteiger partial charge in [0, 0.05) is 23.3 Å². The maximum absolute atomic E-state index is 13.5. The van der Waals surface area contributed by atoms with Gasteiger partial charge in [-0.25, -0.2) is 4.79 Å². The lowest BCUT2D eigenvalue weighted by Gasteiger charge is -2.70. The van der Waals surface area contributed by atoms with Crippen molar-refractivity contribution >= 4 is 17.8 Å². The van der Waals surface area contributed by atoms with Crippen LogP contribution in [-0.2, 0) is 19.1 Å². The van der Waals surface area contributed by atoms with E-state index in [2.05, 4.69) is 0 Å². The number of aliphatic hydroxyl groups excluding tert-OH is 1. The maximum atomic E-state index is 13.5. The summed E-state index contributed by atoms with van der Waals surface area (Å²) >= 11 is 0. The SMILES string of the molecule is CC1CCC2(O)C13CC(=O)C1(C)C(OC(=O)C=Cc4ccccc4)(OCC21C)C3O. The fraction of sp³-hybridized carbons (Fsp3) is 0.583. The number of benzene rings is 1. The van der Waals surface area contributed by atoms with Crippen LogP contribution in [0.1, 0.15) is 45.6 Å². The van der Waals surface area contributed by atoms with Gasteiger partial charge in [-0.05, 0) is 37.3 Å². The summed E-state index contributed by atoms with van der Waals surface area (Å²) in [4.78, 5) is 26.3. The smallest absolute Gasteiger partial charge is 0.333 e. The molecular formula is C24H28O6. The van der Waals surface area contributed by atoms with Gasteiger partial charge in [-0.15, -0.1) is 0 Å². The lowest BCUT2D eigenvalue weighted by Crippen LogP contribution is -2.84. The average molecular weight is 412 g/mol. The normalized spacial score (nSPS) is 48.9. The Morgan fingerprint density at radius 1 is 1.27 bits per heavy atom. The Labute approximate surface area is 175 Å². The molecule has 7 unspecified atom stereocenters. The van der Waals surface area contributed by atoms with E-state index in [9.17, 15) is 19.8 Å². The third-order valence-corrected chi connectivity index (χ3v) is 9.20. The van der Waals surface area contributed by atoms with Crippen LogP contribution in [0.25, 0.3) is 6.08 Å². The molecule has 0 amide bonds. The molecule has 1 saturated heterocycles. The minimum absolute atomic E-state index is 0.0486. The largest absolute Gasteiger partial charge is 0.426 e. The number of ether oxygens (including phenoxy) is 2. The van der Waals surface area contributed by atoms with Crippen molar-refractivity contribution in [2.75, 3.05) is 6.61 Å². The number of carbonyl (C=O) groups excluding carboxylic acids is 2. The first kappa shape index (κ1) is 19.9. The summed E-state index contributed by atoms with van der Waals surface area (Å²) < 4.78 is 11.9. The predicted octanol–water partition coefficient (Wildman–Crippen LogP) is 2.48. The van der Waals surface area contributed by atoms with E-state index in [1.54, 1.807) is 13.0 Å². The van der Waals surface area contributed by atoms with Crippen LogP contribution < -0.4 is 0 Å². The highest BCUT2D eigenvalue weighted by Crippen LogP contribution is 2.80. The molecule has 30 heavy (non-hydrogen) atoms. The number of rotatable bonds is 3. The summed E-state index contributed by atoms with van der Waals surface area (Å²) in [6, 6.07) is 9.31. The van der Waals surface area contributed by atoms with Gasteiger partial charge in [0.15, 0.2) is 0 Å². The summed E-state index contributed by atoms with van der Waals surface area (Å²) in [5.41, 5.74) is -3.81. The molecule has 4 bridgehead atoms. The molecule has 0 radical (unpaired) electrons. The van der Waals surface area contributed by atoms with Crippen molar-refractivity contribution in [3.8, 4) is 0 Å². The number of Topliss-reactive ketones (excluding diaryl/α,β-unsaturated/α-hetero) is 1. The molecule has 2 N–H and O–H groups in total. The van der Waals surface area contributed by atoms with Crippen LogP contribution in [-0.4, -0.2) is 46.1 Å². The van der Waals surface area contributed by atoms with Gasteiger partial charge in [-0.1, -0.05) is 44.2 Å². The Kier molecular flexibility index (Phi) is 3.86. The van der Waals surface area contributed by atoms with Gasteiger partial charge in [0.2, 0.25) is 0 Å². The number of hydrogen-bond acceptors (Lipinski definition) is 6. The number of esters is 1. The molecule has 160 valence electrons. The molecule has 6 rings (SSSR count). The summed E-state index contributed by atoms with van der Waals surface area (Å²) in [5, 5.41) is 23.5. The van der Waals surface area contributed by atoms with Crippen LogP contribution in [0.3, 0.4) is 0 Å². The van der Waals surface area contributed by atoms with E-state index < -0.39 is 39.7 Å². The Morgan fingerprint density at radius 2 is 1.97 bits per heavy atom. The summed E-state index contributed by atoms with van der Waals surface area (Å²) in [6.45, 7) is 5.53. The van der Waals surface area contributed by atoms with E-state index in [0.29, 0.717) is 12.8 Å². The zero-order valence-electron chi connectivity index (χ0n) is 17.6. The highest BCUT2D eigenvalue weighted by Gasteiger charge is 2.92. The second-order valence-corrected chi connectivity index (χ2v) is 9.92. The molecule has 6 nitrogen and oxygen atoms in total. The minimum atomic E-state index is -1.81. The average Bonchev–Trinajstić information content (AvgIpc) is 3.12. The van der Waals surface area contributed by atoms with Gasteiger partial charge in [0.05, 0.1) is 12.2 Å². The fourth-order valence-corrected chi connectivity index (χ4v) is 7.22. The van der Waals surface area contributed by atoms with E-state index >= 15 is 0 Å². The zero-order chi connectivity index (χ0) is 21.6. The van der Waals surface area contributed by atoms with Gasteiger partial charge >= 0.3 is 5.97 Å². The van der Waals surface area contributed by atoms with Crippen molar-refractivity contribution in [2.45, 2.75) is 57.5 Å². The second kappa shape index (κ2) is 5.81. The lowest BCUT2D eigenvalue weighted by atomic mass is 9.35. The van der Waals surface area contributed by atoms with Crippen LogP contribution in [0, 0.1) is 22.2 Å². The Morgan fingerprint density at radius 3 is 2.67 bits per heavy atom. The highest BCUT2D eigenvalue weighted by atomic mass is 16.7. The molecule has 1 aliphatic heterocycles. The van der Waals surface area contributed by atoms with Crippen LogP contribution >= 0.6 is 0 Å². The topological polar surface area (TPSA) is 93.1 Å². The number of aliphatic hydroxyl groups is 2. The Hall–Kier alpha value is -2.02. The molecule has 4 aliphatic carbocycles. The number of fused-ring (bicyclic) bond motifs is 1. The van der Waals surface area contributed by atoms with E-state index in [-0.39, 0.29) is 24.7 Å². The number of hydrogen-bond donors (Lipinski definition) is 2. The zero-order valence-corrected chi connectivity index (χ0v) is 17.6. The van der Waals surface area contributed by atoms with Crippen molar-refractivity contribution in [1.29, 1.82) is 0 Å². The molecule has 1 aromatic rings. The van der Waals surface area contributed by atoms with Crippen molar-refractivity contribution in [1.82, 2.24) is 0 Å². The van der Waals surface area contributed by atoms with Crippen LogP contribution in [0.5, 0.6) is 0 Å². The molecule has 1 aromatic carbocycles. The first-order valence-corrected chi connectivity index (χ1v) is 10.6. The molecule has 1 spiro atoms. The van der Waals surface area contributed by atoms with E-state index in [1.165, 1.54) is 6.08 Å². The molecule has 7 atom stereocenters. The highest BCUT2D eigenvalue weighted by molar-refractivity contribution is 5.93. The first-order chi connectivity index (χ1) is 14.1. The van der Waals surface area contributed by atoms with Crippen molar-refractivity contribution < 1.29 is 29.3 Å². The quantitative estimate of drug-likeness (QED) is 0.585. The molecule has 0 aromatic heterocycles. The standard InChI is InChI=1S/C24H28O6/c1-15-11-12-23(28)20(2)14-29-24(19(27)22(15,23)13-17(25)21(20,24)3)30-18(26)10-9-16-7-5-4-6-8-16/h4-10,15,19,27-28H,11-14H2,1-3H3. The monoisotopic (exact) mass is 412 g/mol. The molecule has 1 heterocycles. The minimum Gasteiger partial charge on any atom is -0.426 e. The van der Waals surface area contributed by atoms with Gasteiger partial charge in [-0.3, -0.25) is 4.79 Å². The van der Waals surface area contributed by atoms with Gasteiger partial charge in [0.1, 0.15) is 17.3 Å². The first-order valence-electron chi connectivity index (χ1n) is 10.6. The van der Waals surface area contributed by atoms with Crippen molar-refractivity contribution in [3.05, 3.63) is 42.0 Å². The Balaban J connectivity index is 1.58. The molecule has 5 aliphatic rings. The fourth-order valence-electron chi connectivity index (χ4n) is 7.22. The van der Waals surface area contributed by atoms with Crippen molar-refractivity contribution in [2.24, 2.45) is 22.2 Å². The number of carbonyl (C=O) groups is 2. The third-order valence-electron chi connectivity index (χ3n) is 9.20. The number of ketones is 1. The molecule has 6 heteroatoms. The second-order valence-electron chi connectivity index (χ2n) is 9.92. The van der Waals surface area contributed by atoms with E-state index in [1.807, 2.05) is 44.2 Å². The third kappa shape index (κ3) is 1.84. The summed E-state index contributed by atoms with van der Waals surface area (Å²) in [6.07, 6.45) is 2.88.